The minimum absolute atomic E-state index is 0.0370. The molecule has 21 heterocycles. The second-order valence-corrected chi connectivity index (χ2v) is 27.5. The van der Waals surface area contributed by atoms with Crippen LogP contribution in [0.3, 0.4) is 0 Å². The summed E-state index contributed by atoms with van der Waals surface area (Å²) in [6.45, 7) is -5.93. The molecular weight excluding hydrogens is 1230 g/mol. The predicted octanol–water partition coefficient (Wildman–Crippen LogP) is -3.98. The smallest absolute Gasteiger partial charge is 0.282 e. The number of hydrogen-bond acceptors (Lipinski definition) is 15. The maximum absolute atomic E-state index is 16.3. The second-order valence-electron chi connectivity index (χ2n) is 27.5. The van der Waals surface area contributed by atoms with Crippen LogP contribution in [0.15, 0.2) is 5.11 Å². The molecule has 0 atom stereocenters. The Labute approximate surface area is 520 Å². The molecule has 28 amide bonds. The van der Waals surface area contributed by atoms with Crippen molar-refractivity contribution in [2.24, 2.45) is 5.11 Å². The molecule has 0 N–H and O–H groups in total. The van der Waals surface area contributed by atoms with Gasteiger partial charge in [0.05, 0.1) is 0 Å². The van der Waals surface area contributed by atoms with Crippen molar-refractivity contribution >= 4 is 84.4 Å². The van der Waals surface area contributed by atoms with Crippen LogP contribution in [0.25, 0.3) is 10.4 Å². The largest absolute Gasteiger partial charge is 0.326 e. The van der Waals surface area contributed by atoms with Crippen LogP contribution in [-0.2, 0) is 0 Å². The Bertz CT molecular complexity index is 3700. The molecule has 21 aliphatic heterocycles. The first-order valence-corrected chi connectivity index (χ1v) is 30.9. The van der Waals surface area contributed by atoms with Gasteiger partial charge in [-0.1, -0.05) is 11.5 Å². The average Bonchev–Trinajstić information content (AvgIpc) is 1.49. The molecule has 0 saturated carbocycles. The first-order valence-electron chi connectivity index (χ1n) is 30.9. The van der Waals surface area contributed by atoms with E-state index in [0.717, 1.165) is 0 Å². The summed E-state index contributed by atoms with van der Waals surface area (Å²) in [5.41, 5.74) is 5.43. The fourth-order valence-corrected chi connectivity index (χ4v) is 20.5. The van der Waals surface area contributed by atoms with Crippen molar-refractivity contribution in [1.29, 1.82) is 0 Å². The third-order valence-corrected chi connectivity index (χ3v) is 24.4. The first-order chi connectivity index (χ1) is 44.8. The number of rotatable bonds is 6. The molecule has 45 nitrogen and oxygen atoms in total. The molecular formula is C48H53N31O14. The van der Waals surface area contributed by atoms with Crippen molar-refractivity contribution in [3.63, 3.8) is 0 Å². The van der Waals surface area contributed by atoms with Gasteiger partial charge in [0.2, 0.25) is 0 Å². The molecule has 21 saturated heterocycles. The number of carbonyl (C=O) groups excluding carboxylic acids is 14. The summed E-state index contributed by atoms with van der Waals surface area (Å²) in [7, 11) is 0. The molecule has 45 heteroatoms. The van der Waals surface area contributed by atoms with E-state index in [9.17, 15) is 0 Å². The SMILES string of the molecule is CC12N3CN4C(=O)N5CN6C(=O)N7CN8C(=O)N9CN%10C(=O)N%11CN%12C(=O)N%13CN%14C(=O)N%15CN(C3=O)C1(CCCCCN=[N+]=[N-])N1CN3C(=O)N(CN%16C(=O)N(CN%17C(=O)N(CN%18C(=O)N(CN%19C(=O)N(CN%20C(=O)N(CN2C1=O)C4C5%20)C6C7%19)C8C9%18)C%10C%11%17)C%12C%13%16)C%14C%153. The lowest BCUT2D eigenvalue weighted by atomic mass is 9.87. The molecule has 21 aliphatic rings. The molecule has 0 aromatic carbocycles. The van der Waals surface area contributed by atoms with Gasteiger partial charge in [-0.2, -0.15) is 0 Å². The third kappa shape index (κ3) is 4.98. The second kappa shape index (κ2) is 15.3. The van der Waals surface area contributed by atoms with Crippen LogP contribution in [0.4, 0.5) is 67.1 Å². The van der Waals surface area contributed by atoms with Gasteiger partial charge < -0.3 is 0 Å². The zero-order valence-electron chi connectivity index (χ0n) is 48.9. The van der Waals surface area contributed by atoms with E-state index in [1.807, 2.05) is 0 Å². The highest BCUT2D eigenvalue weighted by Gasteiger charge is 2.82. The molecule has 0 unspecified atom stereocenters. The summed E-state index contributed by atoms with van der Waals surface area (Å²) in [6.07, 6.45) is -14.2. The molecule has 21 rings (SSSR count). The van der Waals surface area contributed by atoms with Gasteiger partial charge in [0, 0.05) is 11.5 Å². The number of amides is 28. The van der Waals surface area contributed by atoms with Gasteiger partial charge in [-0.05, 0) is 31.7 Å². The van der Waals surface area contributed by atoms with Crippen LogP contribution in [0.1, 0.15) is 32.6 Å². The Hall–Kier alpha value is -10.9. The number of nitrogens with zero attached hydrogens (tertiary/aromatic N) is 31. The Morgan fingerprint density at radius 3 is 0.656 bits per heavy atom. The number of hydrogen-bond donors (Lipinski definition) is 0. The maximum atomic E-state index is 16.3. The van der Waals surface area contributed by atoms with E-state index in [2.05, 4.69) is 10.0 Å². The summed E-state index contributed by atoms with van der Waals surface area (Å²) in [5, 5.41) is 3.70. The van der Waals surface area contributed by atoms with E-state index in [4.69, 9.17) is 5.53 Å². The van der Waals surface area contributed by atoms with E-state index in [-0.39, 0.29) is 19.4 Å². The Balaban J connectivity index is 0.740. The van der Waals surface area contributed by atoms with Crippen molar-refractivity contribution in [3.05, 3.63) is 10.4 Å². The van der Waals surface area contributed by atoms with Crippen LogP contribution >= 0.6 is 0 Å². The molecule has 21 fully saturated rings. The third-order valence-electron chi connectivity index (χ3n) is 24.4. The van der Waals surface area contributed by atoms with Crippen LogP contribution < -0.4 is 0 Å². The highest BCUT2D eigenvalue weighted by molar-refractivity contribution is 5.96. The lowest BCUT2D eigenvalue weighted by Gasteiger charge is -2.52. The molecule has 0 aliphatic carbocycles. The molecule has 0 radical (unpaired) electrons. The summed E-state index contributed by atoms with van der Waals surface area (Å²) >= 11 is 0. The van der Waals surface area contributed by atoms with Gasteiger partial charge in [-0.3, -0.25) is 137 Å². The highest BCUT2D eigenvalue weighted by atomic mass is 16.3. The van der Waals surface area contributed by atoms with Gasteiger partial charge in [0.25, 0.3) is 0 Å². The minimum Gasteiger partial charge on any atom is -0.282 e. The van der Waals surface area contributed by atoms with Gasteiger partial charge in [0.1, 0.15) is 93.4 Å². The number of carbonyl (C=O) groups is 14. The topological polar surface area (TPSA) is 378 Å². The number of urea groups is 14. The van der Waals surface area contributed by atoms with Crippen LogP contribution in [0, 0.1) is 0 Å². The summed E-state index contributed by atoms with van der Waals surface area (Å²) in [4.78, 5) is 260. The van der Waals surface area contributed by atoms with E-state index in [1.165, 1.54) is 137 Å². The van der Waals surface area contributed by atoms with E-state index < -0.39 is 263 Å². The average molecular weight is 1290 g/mol. The van der Waals surface area contributed by atoms with Crippen molar-refractivity contribution < 1.29 is 67.1 Å². The molecule has 0 spiro atoms. The van der Waals surface area contributed by atoms with Crippen molar-refractivity contribution in [3.8, 4) is 0 Å². The van der Waals surface area contributed by atoms with Crippen LogP contribution in [-0.4, -0.2) is 407 Å². The zero-order valence-corrected chi connectivity index (χ0v) is 48.9. The fraction of sp³-hybridized carbons (Fsp3) is 0.708. The van der Waals surface area contributed by atoms with Gasteiger partial charge in [-0.25, -0.2) is 67.1 Å². The van der Waals surface area contributed by atoms with E-state index in [1.54, 1.807) is 6.92 Å². The molecule has 484 valence electrons. The van der Waals surface area contributed by atoms with Crippen LogP contribution in [0.2, 0.25) is 0 Å². The first kappa shape index (κ1) is 50.8. The van der Waals surface area contributed by atoms with Crippen LogP contribution in [0.5, 0.6) is 0 Å². The quantitative estimate of drug-likeness (QED) is 0.106. The lowest BCUT2D eigenvalue weighted by molar-refractivity contribution is -0.120. The van der Waals surface area contributed by atoms with Gasteiger partial charge >= 0.3 is 84.4 Å². The molecule has 0 aromatic rings. The van der Waals surface area contributed by atoms with Crippen molar-refractivity contribution in [2.45, 2.75) is 118 Å². The van der Waals surface area contributed by atoms with E-state index >= 15 is 67.1 Å². The van der Waals surface area contributed by atoms with Gasteiger partial charge in [0.15, 0.2) is 85.3 Å². The Morgan fingerprint density at radius 2 is 0.462 bits per heavy atom. The Morgan fingerprint density at radius 1 is 0.280 bits per heavy atom. The Kier molecular flexibility index (Phi) is 8.38. The molecule has 0 aromatic heterocycles. The maximum Gasteiger partial charge on any atom is 0.326 e. The standard InChI is InChI=1S/C48H53N31O14/c1-47-48(5-3-2-4-6-50-51-49)78-19-74-32-30-70(43(74)90)15-66-28-26-62(39(66)86)11-58-24-22-54(35(58)82)7-52-21-23-56(33(52)80)9-60-25-27-64(37(60)84)13-68-29-31(72(41(68)88)17-76(47)45(78)92)73-18-77(47)46(93)79(48)20-75(32)44(91)71(30)16-67(28)40(87)63(26)12-59(24)36(83)55(22)8-53(21)34(81)57(23)10-61(25)38(85)65(27)14-69(29)42(73)89/h21-32H,2-20H2,1H3. The van der Waals surface area contributed by atoms with Crippen molar-refractivity contribution in [1.82, 2.24) is 137 Å². The molecule has 0 bridgehead atoms. The normalized spacial score (nSPS) is 39.1. The van der Waals surface area contributed by atoms with Crippen molar-refractivity contribution in [2.75, 3.05) is 99.9 Å². The molecule has 93 heavy (non-hydrogen) atoms. The summed E-state index contributed by atoms with van der Waals surface area (Å²) in [5.74, 6) is 0. The number of unbranched alkanes of at least 4 members (excludes halogenated alkanes) is 2. The van der Waals surface area contributed by atoms with E-state index in [0.29, 0.717) is 12.8 Å². The lowest BCUT2D eigenvalue weighted by Crippen LogP contribution is -2.72. The highest BCUT2D eigenvalue weighted by Crippen LogP contribution is 2.59. The summed E-state index contributed by atoms with van der Waals surface area (Å²) < 4.78 is 0. The number of azide groups is 1. The monoisotopic (exact) mass is 1290 g/mol. The summed E-state index contributed by atoms with van der Waals surface area (Å²) in [6, 6.07) is -10.3. The predicted molar refractivity (Wildman–Crippen MR) is 284 cm³/mol. The fourth-order valence-electron chi connectivity index (χ4n) is 20.5. The zero-order chi connectivity index (χ0) is 63.0. The van der Waals surface area contributed by atoms with Gasteiger partial charge in [-0.15, -0.1) is 0 Å². The minimum atomic E-state index is -1.87.